The fourth-order valence-electron chi connectivity index (χ4n) is 3.44. The summed E-state index contributed by atoms with van der Waals surface area (Å²) in [6.07, 6.45) is 0. The van der Waals surface area contributed by atoms with Crippen LogP contribution in [0, 0.1) is 19.8 Å². The number of thioether (sulfide) groups is 1. The van der Waals surface area contributed by atoms with Gasteiger partial charge in [0.2, 0.25) is 5.91 Å². The minimum atomic E-state index is -0.307. The Balaban J connectivity index is 1.66. The van der Waals surface area contributed by atoms with Crippen LogP contribution in [0.25, 0.3) is 0 Å². The first-order valence-electron chi connectivity index (χ1n) is 10.5. The fraction of sp³-hybridized carbons (Fsp3) is 0.333. The number of carbonyl (C=O) groups excluding carboxylic acids is 2. The van der Waals surface area contributed by atoms with Gasteiger partial charge in [0.1, 0.15) is 0 Å². The van der Waals surface area contributed by atoms with Crippen molar-refractivity contribution in [2.45, 2.75) is 38.9 Å². The quantitative estimate of drug-likeness (QED) is 0.499. The molecule has 0 saturated carbocycles. The van der Waals surface area contributed by atoms with Gasteiger partial charge in [0.15, 0.2) is 11.0 Å². The second-order valence-electron chi connectivity index (χ2n) is 8.17. The van der Waals surface area contributed by atoms with E-state index >= 15 is 0 Å². The first-order chi connectivity index (χ1) is 15.2. The Hall–Kier alpha value is -3.13. The molecule has 7 nitrogen and oxygen atoms in total. The number of nitrogens with zero attached hydrogens (tertiary/aromatic N) is 3. The molecule has 0 aliphatic rings. The molecule has 1 aromatic heterocycles. The van der Waals surface area contributed by atoms with Gasteiger partial charge in [0, 0.05) is 18.3 Å². The van der Waals surface area contributed by atoms with Gasteiger partial charge in [0.25, 0.3) is 5.91 Å². The zero-order valence-corrected chi connectivity index (χ0v) is 19.9. The molecule has 1 unspecified atom stereocenters. The van der Waals surface area contributed by atoms with Crippen molar-refractivity contribution < 1.29 is 9.59 Å². The third-order valence-electron chi connectivity index (χ3n) is 4.97. The Morgan fingerprint density at radius 2 is 1.69 bits per heavy atom. The van der Waals surface area contributed by atoms with Gasteiger partial charge in [-0.25, -0.2) is 0 Å². The minimum Gasteiger partial charge on any atom is -0.342 e. The molecule has 0 fully saturated rings. The molecule has 0 radical (unpaired) electrons. The molecular weight excluding hydrogens is 422 g/mol. The Bertz CT molecular complexity index is 1070. The molecule has 0 saturated heterocycles. The highest BCUT2D eigenvalue weighted by atomic mass is 32.2. The number of hydrogen-bond donors (Lipinski definition) is 2. The Kier molecular flexibility index (Phi) is 7.69. The van der Waals surface area contributed by atoms with Crippen LogP contribution in [0.2, 0.25) is 0 Å². The van der Waals surface area contributed by atoms with E-state index < -0.39 is 0 Å². The summed E-state index contributed by atoms with van der Waals surface area (Å²) in [6, 6.07) is 14.7. The molecule has 0 aliphatic heterocycles. The molecule has 168 valence electrons. The van der Waals surface area contributed by atoms with Crippen LogP contribution in [0.3, 0.4) is 0 Å². The first-order valence-corrected chi connectivity index (χ1v) is 11.5. The standard InChI is InChI=1S/C24H29N5O2S/c1-15(2)21(26-23(31)18-9-7-6-8-10-18)22-27-28-24(29(22)5)32-14-20(30)25-19-12-16(3)11-17(4)13-19/h6-13,15,21H,14H2,1-5H3,(H,25,30)(H,26,31). The number of benzene rings is 2. The van der Waals surface area contributed by atoms with E-state index in [1.165, 1.54) is 11.8 Å². The molecule has 2 N–H and O–H groups in total. The number of anilines is 1. The van der Waals surface area contributed by atoms with Gasteiger partial charge in [-0.3, -0.25) is 9.59 Å². The van der Waals surface area contributed by atoms with Crippen LogP contribution in [-0.2, 0) is 11.8 Å². The topological polar surface area (TPSA) is 88.9 Å². The minimum absolute atomic E-state index is 0.108. The number of amides is 2. The van der Waals surface area contributed by atoms with Crippen molar-refractivity contribution in [3.63, 3.8) is 0 Å². The number of hydrogen-bond acceptors (Lipinski definition) is 5. The van der Waals surface area contributed by atoms with Crippen molar-refractivity contribution in [2.75, 3.05) is 11.1 Å². The van der Waals surface area contributed by atoms with Crippen LogP contribution >= 0.6 is 11.8 Å². The maximum absolute atomic E-state index is 12.7. The molecule has 3 rings (SSSR count). The lowest BCUT2D eigenvalue weighted by atomic mass is 10.0. The highest BCUT2D eigenvalue weighted by Crippen LogP contribution is 2.24. The second kappa shape index (κ2) is 10.5. The lowest BCUT2D eigenvalue weighted by molar-refractivity contribution is -0.113. The van der Waals surface area contributed by atoms with Crippen molar-refractivity contribution in [2.24, 2.45) is 13.0 Å². The Morgan fingerprint density at radius 1 is 1.03 bits per heavy atom. The molecule has 3 aromatic rings. The molecule has 8 heteroatoms. The molecule has 1 atom stereocenters. The van der Waals surface area contributed by atoms with Gasteiger partial charge in [-0.1, -0.05) is 49.9 Å². The van der Waals surface area contributed by atoms with Gasteiger partial charge in [-0.15, -0.1) is 10.2 Å². The maximum Gasteiger partial charge on any atom is 0.251 e. The van der Waals surface area contributed by atoms with Crippen molar-refractivity contribution in [1.82, 2.24) is 20.1 Å². The van der Waals surface area contributed by atoms with Gasteiger partial charge in [-0.05, 0) is 55.2 Å². The van der Waals surface area contributed by atoms with E-state index in [0.717, 1.165) is 16.8 Å². The summed E-state index contributed by atoms with van der Waals surface area (Å²) in [6.45, 7) is 8.05. The van der Waals surface area contributed by atoms with Crippen LogP contribution in [0.1, 0.15) is 47.2 Å². The van der Waals surface area contributed by atoms with Crippen LogP contribution in [0.15, 0.2) is 53.7 Å². The SMILES string of the molecule is Cc1cc(C)cc(NC(=O)CSc2nnc(C(NC(=O)c3ccccc3)C(C)C)n2C)c1. The third-order valence-corrected chi connectivity index (χ3v) is 5.99. The third kappa shape index (κ3) is 5.97. The van der Waals surface area contributed by atoms with Crippen molar-refractivity contribution in [3.8, 4) is 0 Å². The predicted molar refractivity (Wildman–Crippen MR) is 128 cm³/mol. The molecule has 0 spiro atoms. The maximum atomic E-state index is 12.7. The van der Waals surface area contributed by atoms with Gasteiger partial charge >= 0.3 is 0 Å². The number of aromatic nitrogens is 3. The summed E-state index contributed by atoms with van der Waals surface area (Å²) in [4.78, 5) is 25.1. The molecular formula is C24H29N5O2S. The first kappa shape index (κ1) is 23.5. The van der Waals surface area contributed by atoms with E-state index in [2.05, 4.69) is 26.9 Å². The molecule has 0 aliphatic carbocycles. The fourth-order valence-corrected chi connectivity index (χ4v) is 4.16. The lowest BCUT2D eigenvalue weighted by Gasteiger charge is -2.21. The van der Waals surface area contributed by atoms with Crippen molar-refractivity contribution >= 4 is 29.3 Å². The normalized spacial score (nSPS) is 11.9. The number of nitrogens with one attached hydrogen (secondary N) is 2. The molecule has 2 amide bonds. The highest BCUT2D eigenvalue weighted by Gasteiger charge is 2.25. The zero-order chi connectivity index (χ0) is 23.3. The Labute approximate surface area is 193 Å². The highest BCUT2D eigenvalue weighted by molar-refractivity contribution is 7.99. The summed E-state index contributed by atoms with van der Waals surface area (Å²) in [5, 5.41) is 15.2. The van der Waals surface area contributed by atoms with Crippen LogP contribution in [-0.4, -0.2) is 32.3 Å². The summed E-state index contributed by atoms with van der Waals surface area (Å²) < 4.78 is 1.84. The van der Waals surface area contributed by atoms with E-state index in [1.54, 1.807) is 12.1 Å². The van der Waals surface area contributed by atoms with E-state index in [-0.39, 0.29) is 29.5 Å². The second-order valence-corrected chi connectivity index (χ2v) is 9.12. The van der Waals surface area contributed by atoms with Gasteiger partial charge in [0.05, 0.1) is 11.8 Å². The van der Waals surface area contributed by atoms with Crippen molar-refractivity contribution in [3.05, 3.63) is 71.0 Å². The average molecular weight is 452 g/mol. The summed E-state index contributed by atoms with van der Waals surface area (Å²) in [7, 11) is 1.85. The number of rotatable bonds is 8. The summed E-state index contributed by atoms with van der Waals surface area (Å²) in [5.41, 5.74) is 3.58. The van der Waals surface area contributed by atoms with E-state index in [4.69, 9.17) is 0 Å². The van der Waals surface area contributed by atoms with Gasteiger partial charge in [-0.2, -0.15) is 0 Å². The number of carbonyl (C=O) groups is 2. The summed E-state index contributed by atoms with van der Waals surface area (Å²) in [5.74, 6) is 0.705. The van der Waals surface area contributed by atoms with E-state index in [0.29, 0.717) is 16.5 Å². The lowest BCUT2D eigenvalue weighted by Crippen LogP contribution is -2.33. The Morgan fingerprint density at radius 3 is 2.31 bits per heavy atom. The average Bonchev–Trinajstić information content (AvgIpc) is 3.10. The largest absolute Gasteiger partial charge is 0.342 e. The molecule has 0 bridgehead atoms. The monoisotopic (exact) mass is 451 g/mol. The molecule has 1 heterocycles. The zero-order valence-electron chi connectivity index (χ0n) is 19.0. The van der Waals surface area contributed by atoms with E-state index in [9.17, 15) is 9.59 Å². The van der Waals surface area contributed by atoms with Crippen LogP contribution in [0.5, 0.6) is 0 Å². The predicted octanol–water partition coefficient (Wildman–Crippen LogP) is 4.29. The van der Waals surface area contributed by atoms with Crippen LogP contribution in [0.4, 0.5) is 5.69 Å². The van der Waals surface area contributed by atoms with Crippen LogP contribution < -0.4 is 10.6 Å². The molecule has 2 aromatic carbocycles. The van der Waals surface area contributed by atoms with Crippen molar-refractivity contribution in [1.29, 1.82) is 0 Å². The molecule has 32 heavy (non-hydrogen) atoms. The number of aryl methyl sites for hydroxylation is 2. The summed E-state index contributed by atoms with van der Waals surface area (Å²) >= 11 is 1.31. The smallest absolute Gasteiger partial charge is 0.251 e. The van der Waals surface area contributed by atoms with E-state index in [1.807, 2.05) is 69.6 Å². The van der Waals surface area contributed by atoms with Gasteiger partial charge < -0.3 is 15.2 Å².